The van der Waals surface area contributed by atoms with Crippen LogP contribution in [0.5, 0.6) is 0 Å². The first kappa shape index (κ1) is 14.5. The van der Waals surface area contributed by atoms with Gasteiger partial charge in [0.25, 0.3) is 0 Å². The van der Waals surface area contributed by atoms with E-state index in [0.717, 1.165) is 24.5 Å². The summed E-state index contributed by atoms with van der Waals surface area (Å²) in [5.74, 6) is 0.734. The maximum atomic E-state index is 13.8. The van der Waals surface area contributed by atoms with Gasteiger partial charge in [-0.25, -0.2) is 9.37 Å². The third-order valence-electron chi connectivity index (χ3n) is 3.98. The van der Waals surface area contributed by atoms with E-state index < -0.39 is 0 Å². The van der Waals surface area contributed by atoms with Gasteiger partial charge in [-0.2, -0.15) is 0 Å². The number of carbonyl (C=O) groups excluding carboxylic acids is 1. The Morgan fingerprint density at radius 2 is 1.82 bits per heavy atom. The molecule has 1 aromatic heterocycles. The largest absolute Gasteiger partial charge is 0.353 e. The lowest BCUT2D eigenvalue weighted by molar-refractivity contribution is -0.129. The molecule has 0 spiro atoms. The molecule has 1 aliphatic heterocycles. The van der Waals surface area contributed by atoms with E-state index in [-0.39, 0.29) is 11.7 Å². The predicted octanol–water partition coefficient (Wildman–Crippen LogP) is 2.56. The quantitative estimate of drug-likeness (QED) is 0.855. The fourth-order valence-corrected chi connectivity index (χ4v) is 2.68. The molecule has 0 N–H and O–H groups in total. The number of anilines is 1. The van der Waals surface area contributed by atoms with E-state index in [1.807, 2.05) is 23.1 Å². The molecule has 1 aromatic carbocycles. The van der Waals surface area contributed by atoms with Gasteiger partial charge in [-0.15, -0.1) is 0 Å². The summed E-state index contributed by atoms with van der Waals surface area (Å²) in [6, 6.07) is 10.5. The second kappa shape index (κ2) is 6.13. The highest BCUT2D eigenvalue weighted by Gasteiger charge is 2.19. The average molecular weight is 299 g/mol. The number of rotatable bonds is 2. The van der Waals surface area contributed by atoms with E-state index in [2.05, 4.69) is 9.88 Å². The standard InChI is InChI=1S/C17H18FN3O/c1-13(22)20-8-10-21(11-9-20)17-7-6-14(12-19-17)15-4-2-3-5-16(15)18/h2-7,12H,8-11H2,1H3. The SMILES string of the molecule is CC(=O)N1CCN(c2ccc(-c3ccccc3F)cn2)CC1. The lowest BCUT2D eigenvalue weighted by Gasteiger charge is -2.34. The first-order chi connectivity index (χ1) is 10.6. The van der Waals surface area contributed by atoms with Crippen LogP contribution in [-0.4, -0.2) is 42.0 Å². The van der Waals surface area contributed by atoms with E-state index in [9.17, 15) is 9.18 Å². The summed E-state index contributed by atoms with van der Waals surface area (Å²) in [7, 11) is 0. The average Bonchev–Trinajstić information content (AvgIpc) is 2.56. The molecule has 4 nitrogen and oxygen atoms in total. The van der Waals surface area contributed by atoms with E-state index in [0.29, 0.717) is 18.7 Å². The molecule has 0 radical (unpaired) electrons. The number of carbonyl (C=O) groups is 1. The molecule has 0 unspecified atom stereocenters. The van der Waals surface area contributed by atoms with Crippen molar-refractivity contribution < 1.29 is 9.18 Å². The van der Waals surface area contributed by atoms with Crippen LogP contribution in [0.4, 0.5) is 10.2 Å². The number of hydrogen-bond donors (Lipinski definition) is 0. The predicted molar refractivity (Wildman–Crippen MR) is 84.1 cm³/mol. The molecule has 2 heterocycles. The van der Waals surface area contributed by atoms with Crippen molar-refractivity contribution >= 4 is 11.7 Å². The molecule has 3 rings (SSSR count). The van der Waals surface area contributed by atoms with Gasteiger partial charge in [-0.05, 0) is 18.2 Å². The summed E-state index contributed by atoms with van der Waals surface area (Å²) < 4.78 is 13.8. The number of pyridine rings is 1. The number of aromatic nitrogens is 1. The Bertz CT molecular complexity index is 664. The number of nitrogens with zero attached hydrogens (tertiary/aromatic N) is 3. The lowest BCUT2D eigenvalue weighted by atomic mass is 10.1. The van der Waals surface area contributed by atoms with E-state index in [4.69, 9.17) is 0 Å². The van der Waals surface area contributed by atoms with Gasteiger partial charge >= 0.3 is 0 Å². The molecule has 0 aliphatic carbocycles. The Kier molecular flexibility index (Phi) is 4.04. The molecule has 22 heavy (non-hydrogen) atoms. The second-order valence-electron chi connectivity index (χ2n) is 5.38. The van der Waals surface area contributed by atoms with Crippen molar-refractivity contribution in [2.75, 3.05) is 31.1 Å². The summed E-state index contributed by atoms with van der Waals surface area (Å²) in [6.45, 7) is 4.56. The van der Waals surface area contributed by atoms with E-state index in [1.54, 1.807) is 25.3 Å². The van der Waals surface area contributed by atoms with Crippen LogP contribution < -0.4 is 4.90 Å². The van der Waals surface area contributed by atoms with Crippen LogP contribution in [0.1, 0.15) is 6.92 Å². The maximum absolute atomic E-state index is 13.8. The van der Waals surface area contributed by atoms with Crippen molar-refractivity contribution in [3.8, 4) is 11.1 Å². The van der Waals surface area contributed by atoms with Crippen molar-refractivity contribution in [1.82, 2.24) is 9.88 Å². The molecular formula is C17H18FN3O. The lowest BCUT2D eigenvalue weighted by Crippen LogP contribution is -2.48. The minimum Gasteiger partial charge on any atom is -0.353 e. The van der Waals surface area contributed by atoms with Gasteiger partial charge in [0.05, 0.1) is 0 Å². The molecule has 1 amide bonds. The monoisotopic (exact) mass is 299 g/mol. The Balaban J connectivity index is 1.73. The van der Waals surface area contributed by atoms with Gasteiger partial charge in [0, 0.05) is 50.4 Å². The molecule has 1 saturated heterocycles. The number of piperazine rings is 1. The van der Waals surface area contributed by atoms with Gasteiger partial charge in [0.15, 0.2) is 0 Å². The summed E-state index contributed by atoms with van der Waals surface area (Å²) in [5, 5.41) is 0. The van der Waals surface area contributed by atoms with Gasteiger partial charge in [0.2, 0.25) is 5.91 Å². The number of hydrogen-bond acceptors (Lipinski definition) is 3. The molecular weight excluding hydrogens is 281 g/mol. The summed E-state index contributed by atoms with van der Waals surface area (Å²) in [4.78, 5) is 19.8. The van der Waals surface area contributed by atoms with Crippen molar-refractivity contribution in [3.05, 3.63) is 48.4 Å². The zero-order valence-corrected chi connectivity index (χ0v) is 12.5. The van der Waals surface area contributed by atoms with Crippen molar-refractivity contribution in [2.45, 2.75) is 6.92 Å². The molecule has 1 aliphatic rings. The Morgan fingerprint density at radius 3 is 2.41 bits per heavy atom. The fourth-order valence-electron chi connectivity index (χ4n) is 2.68. The fraction of sp³-hybridized carbons (Fsp3) is 0.294. The van der Waals surface area contributed by atoms with Crippen molar-refractivity contribution in [1.29, 1.82) is 0 Å². The second-order valence-corrected chi connectivity index (χ2v) is 5.38. The minimum atomic E-state index is -0.243. The van der Waals surface area contributed by atoms with E-state index in [1.165, 1.54) is 6.07 Å². The number of halogens is 1. The van der Waals surface area contributed by atoms with Crippen LogP contribution in [0.15, 0.2) is 42.6 Å². The molecule has 0 atom stereocenters. The van der Waals surface area contributed by atoms with Gasteiger partial charge in [0.1, 0.15) is 11.6 Å². The van der Waals surface area contributed by atoms with Crippen molar-refractivity contribution in [3.63, 3.8) is 0 Å². The Morgan fingerprint density at radius 1 is 1.09 bits per heavy atom. The first-order valence-electron chi connectivity index (χ1n) is 7.36. The normalized spacial score (nSPS) is 15.0. The third-order valence-corrected chi connectivity index (χ3v) is 3.98. The maximum Gasteiger partial charge on any atom is 0.219 e. The van der Waals surface area contributed by atoms with Crippen LogP contribution in [-0.2, 0) is 4.79 Å². The van der Waals surface area contributed by atoms with Crippen LogP contribution in [0, 0.1) is 5.82 Å². The van der Waals surface area contributed by atoms with Gasteiger partial charge < -0.3 is 9.80 Å². The van der Waals surface area contributed by atoms with Crippen molar-refractivity contribution in [2.24, 2.45) is 0 Å². The molecule has 2 aromatic rings. The highest BCUT2D eigenvalue weighted by molar-refractivity contribution is 5.73. The van der Waals surface area contributed by atoms with E-state index >= 15 is 0 Å². The molecule has 5 heteroatoms. The number of amides is 1. The number of benzene rings is 1. The third kappa shape index (κ3) is 2.93. The molecule has 0 saturated carbocycles. The summed E-state index contributed by atoms with van der Waals surface area (Å²) in [6.07, 6.45) is 1.70. The van der Waals surface area contributed by atoms with Crippen LogP contribution >= 0.6 is 0 Å². The minimum absolute atomic E-state index is 0.113. The van der Waals surface area contributed by atoms with Gasteiger partial charge in [-0.1, -0.05) is 18.2 Å². The smallest absolute Gasteiger partial charge is 0.219 e. The molecule has 1 fully saturated rings. The Hall–Kier alpha value is -2.43. The van der Waals surface area contributed by atoms with Crippen LogP contribution in [0.3, 0.4) is 0 Å². The summed E-state index contributed by atoms with van der Waals surface area (Å²) in [5.41, 5.74) is 1.33. The highest BCUT2D eigenvalue weighted by atomic mass is 19.1. The van der Waals surface area contributed by atoms with Crippen LogP contribution in [0.2, 0.25) is 0 Å². The molecule has 114 valence electrons. The van der Waals surface area contributed by atoms with Gasteiger partial charge in [-0.3, -0.25) is 4.79 Å². The van der Waals surface area contributed by atoms with Crippen LogP contribution in [0.25, 0.3) is 11.1 Å². The Labute approximate surface area is 129 Å². The zero-order chi connectivity index (χ0) is 15.5. The topological polar surface area (TPSA) is 36.4 Å². The molecule has 0 bridgehead atoms. The zero-order valence-electron chi connectivity index (χ0n) is 12.5. The highest BCUT2D eigenvalue weighted by Crippen LogP contribution is 2.23. The summed E-state index contributed by atoms with van der Waals surface area (Å²) >= 11 is 0. The first-order valence-corrected chi connectivity index (χ1v) is 7.36.